The lowest BCUT2D eigenvalue weighted by Crippen LogP contribution is -2.40. The number of hydrogen-bond acceptors (Lipinski definition) is 4. The van der Waals surface area contributed by atoms with Crippen molar-refractivity contribution >= 4 is 22.8 Å². The fourth-order valence-electron chi connectivity index (χ4n) is 2.80. The van der Waals surface area contributed by atoms with Crippen molar-refractivity contribution in [1.82, 2.24) is 10.6 Å². The van der Waals surface area contributed by atoms with Crippen molar-refractivity contribution in [3.8, 4) is 0 Å². The molecule has 1 aliphatic heterocycles. The number of thioether (sulfide) groups is 1. The molecule has 0 radical (unpaired) electrons. The average molecular weight is 368 g/mol. The smallest absolute Gasteiger partial charge is 0.231 e. The molecule has 2 aromatic carbocycles. The van der Waals surface area contributed by atoms with Crippen LogP contribution in [0.3, 0.4) is 0 Å². The second kappa shape index (κ2) is 8.41. The van der Waals surface area contributed by atoms with Gasteiger partial charge in [-0.25, -0.2) is 0 Å². The van der Waals surface area contributed by atoms with E-state index in [4.69, 9.17) is 0 Å². The van der Waals surface area contributed by atoms with Crippen molar-refractivity contribution in [2.24, 2.45) is 10.4 Å². The van der Waals surface area contributed by atoms with Gasteiger partial charge in [0.1, 0.15) is 0 Å². The molecule has 0 atom stereocenters. The van der Waals surface area contributed by atoms with E-state index in [2.05, 4.69) is 29.5 Å². The number of carbonyl (C=O) groups excluding carboxylic acids is 1. The monoisotopic (exact) mass is 367 g/mol. The molecule has 3 rings (SSSR count). The lowest BCUT2D eigenvalue weighted by atomic mass is 9.93. The second-order valence-corrected chi connectivity index (χ2v) is 8.21. The Morgan fingerprint density at radius 1 is 1.12 bits per heavy atom. The highest BCUT2D eigenvalue weighted by Gasteiger charge is 2.23. The van der Waals surface area contributed by atoms with Gasteiger partial charge in [0.15, 0.2) is 5.17 Å². The van der Waals surface area contributed by atoms with Crippen LogP contribution < -0.4 is 10.6 Å². The fourth-order valence-corrected chi connectivity index (χ4v) is 3.48. The predicted molar refractivity (Wildman–Crippen MR) is 109 cm³/mol. The van der Waals surface area contributed by atoms with E-state index in [1.165, 1.54) is 11.8 Å². The minimum atomic E-state index is -0.148. The van der Waals surface area contributed by atoms with Gasteiger partial charge < -0.3 is 10.6 Å². The van der Waals surface area contributed by atoms with E-state index < -0.39 is 0 Å². The predicted octanol–water partition coefficient (Wildman–Crippen LogP) is 3.61. The van der Waals surface area contributed by atoms with Crippen LogP contribution in [-0.4, -0.2) is 29.9 Å². The highest BCUT2D eigenvalue weighted by molar-refractivity contribution is 8.14. The molecule has 26 heavy (non-hydrogen) atoms. The van der Waals surface area contributed by atoms with Crippen molar-refractivity contribution in [3.05, 3.63) is 71.8 Å². The van der Waals surface area contributed by atoms with Gasteiger partial charge in [0.25, 0.3) is 0 Å². The molecule has 0 unspecified atom stereocenters. The van der Waals surface area contributed by atoms with E-state index in [9.17, 15) is 4.79 Å². The third-order valence-corrected chi connectivity index (χ3v) is 5.23. The highest BCUT2D eigenvalue weighted by atomic mass is 32.2. The number of hydrogen-bond donors (Lipinski definition) is 2. The number of amidine groups is 1. The molecule has 1 heterocycles. The van der Waals surface area contributed by atoms with Crippen LogP contribution >= 0.6 is 11.8 Å². The summed E-state index contributed by atoms with van der Waals surface area (Å²) < 4.78 is 0. The van der Waals surface area contributed by atoms with Crippen LogP contribution in [0.2, 0.25) is 0 Å². The van der Waals surface area contributed by atoms with Gasteiger partial charge in [-0.3, -0.25) is 9.79 Å². The van der Waals surface area contributed by atoms with E-state index in [1.807, 2.05) is 60.7 Å². The Bertz CT molecular complexity index is 720. The van der Waals surface area contributed by atoms with Gasteiger partial charge in [-0.15, -0.1) is 0 Å². The zero-order valence-electron chi connectivity index (χ0n) is 15.2. The Hall–Kier alpha value is -2.27. The van der Waals surface area contributed by atoms with E-state index in [0.717, 1.165) is 29.4 Å². The first-order valence-electron chi connectivity index (χ1n) is 8.84. The molecule has 2 aromatic rings. The molecular formula is C21H25N3OS. The number of rotatable bonds is 5. The van der Waals surface area contributed by atoms with E-state index >= 15 is 0 Å². The molecule has 1 aliphatic rings. The first kappa shape index (κ1) is 18.5. The molecule has 0 aromatic heterocycles. The summed E-state index contributed by atoms with van der Waals surface area (Å²) in [6.45, 7) is 6.04. The van der Waals surface area contributed by atoms with Gasteiger partial charge in [-0.2, -0.15) is 0 Å². The Labute approximate surface area is 159 Å². The van der Waals surface area contributed by atoms with Gasteiger partial charge in [-0.1, -0.05) is 86.3 Å². The number of carbonyl (C=O) groups is 1. The SMILES string of the molecule is CC1(C)CN=C(SCC(=O)NC(c2ccccc2)c2ccccc2)NC1. The average Bonchev–Trinajstić information content (AvgIpc) is 2.66. The number of nitrogens with one attached hydrogen (secondary N) is 2. The van der Waals surface area contributed by atoms with E-state index in [0.29, 0.717) is 5.75 Å². The summed E-state index contributed by atoms with van der Waals surface area (Å²) in [5, 5.41) is 7.33. The number of amides is 1. The highest BCUT2D eigenvalue weighted by Crippen LogP contribution is 2.23. The Kier molecular flexibility index (Phi) is 5.99. The molecule has 5 heteroatoms. The van der Waals surface area contributed by atoms with Gasteiger partial charge >= 0.3 is 0 Å². The molecule has 0 fully saturated rings. The Balaban J connectivity index is 1.64. The fraction of sp³-hybridized carbons (Fsp3) is 0.333. The van der Waals surface area contributed by atoms with Crippen molar-refractivity contribution in [2.45, 2.75) is 19.9 Å². The van der Waals surface area contributed by atoms with Crippen molar-refractivity contribution in [2.75, 3.05) is 18.8 Å². The molecule has 0 bridgehead atoms. The van der Waals surface area contributed by atoms with Crippen LogP contribution in [0.25, 0.3) is 0 Å². The lowest BCUT2D eigenvalue weighted by Gasteiger charge is -2.28. The van der Waals surface area contributed by atoms with E-state index in [-0.39, 0.29) is 17.4 Å². The summed E-state index contributed by atoms with van der Waals surface area (Å²) in [6, 6.07) is 20.0. The molecular weight excluding hydrogens is 342 g/mol. The molecule has 0 aliphatic carbocycles. The summed E-state index contributed by atoms with van der Waals surface area (Å²) in [6.07, 6.45) is 0. The summed E-state index contributed by atoms with van der Waals surface area (Å²) in [5.41, 5.74) is 2.33. The van der Waals surface area contributed by atoms with Crippen LogP contribution in [0.1, 0.15) is 31.0 Å². The largest absolute Gasteiger partial charge is 0.364 e. The molecule has 1 amide bonds. The first-order valence-corrected chi connectivity index (χ1v) is 9.82. The van der Waals surface area contributed by atoms with Gasteiger partial charge in [0.2, 0.25) is 5.91 Å². The summed E-state index contributed by atoms with van der Waals surface area (Å²) in [7, 11) is 0. The number of benzene rings is 2. The third kappa shape index (κ3) is 5.11. The summed E-state index contributed by atoms with van der Waals surface area (Å²) in [5.74, 6) is 0.352. The zero-order valence-corrected chi connectivity index (χ0v) is 16.1. The Morgan fingerprint density at radius 3 is 2.19 bits per heavy atom. The minimum absolute atomic E-state index is 0.00189. The molecule has 0 spiro atoms. The van der Waals surface area contributed by atoms with Crippen LogP contribution in [0, 0.1) is 5.41 Å². The van der Waals surface area contributed by atoms with Crippen molar-refractivity contribution in [1.29, 1.82) is 0 Å². The van der Waals surface area contributed by atoms with Crippen LogP contribution in [0.4, 0.5) is 0 Å². The summed E-state index contributed by atoms with van der Waals surface area (Å²) >= 11 is 1.47. The van der Waals surface area contributed by atoms with Gasteiger partial charge in [0.05, 0.1) is 11.8 Å². The topological polar surface area (TPSA) is 53.5 Å². The van der Waals surface area contributed by atoms with Crippen molar-refractivity contribution < 1.29 is 4.79 Å². The van der Waals surface area contributed by atoms with Crippen LogP contribution in [0.15, 0.2) is 65.7 Å². The molecule has 0 saturated heterocycles. The van der Waals surface area contributed by atoms with E-state index in [1.54, 1.807) is 0 Å². The Morgan fingerprint density at radius 2 is 1.69 bits per heavy atom. The van der Waals surface area contributed by atoms with Crippen LogP contribution in [0.5, 0.6) is 0 Å². The number of aliphatic imine (C=N–C) groups is 1. The molecule has 4 nitrogen and oxygen atoms in total. The zero-order chi connectivity index (χ0) is 18.4. The standard InChI is InChI=1S/C21H25N3OS/c1-21(2)14-22-20(23-15-21)26-13-18(25)24-19(16-9-5-3-6-10-16)17-11-7-4-8-12-17/h3-12,19H,13-15H2,1-2H3,(H,22,23)(H,24,25). The second-order valence-electron chi connectivity index (χ2n) is 7.25. The maximum atomic E-state index is 12.6. The molecule has 0 saturated carbocycles. The van der Waals surface area contributed by atoms with Crippen LogP contribution in [-0.2, 0) is 4.79 Å². The first-order chi connectivity index (χ1) is 12.5. The lowest BCUT2D eigenvalue weighted by molar-refractivity contribution is -0.119. The maximum absolute atomic E-state index is 12.6. The normalized spacial score (nSPS) is 15.9. The third-order valence-electron chi connectivity index (χ3n) is 4.28. The quantitative estimate of drug-likeness (QED) is 0.849. The minimum Gasteiger partial charge on any atom is -0.364 e. The van der Waals surface area contributed by atoms with Crippen molar-refractivity contribution in [3.63, 3.8) is 0 Å². The van der Waals surface area contributed by atoms with Gasteiger partial charge in [-0.05, 0) is 11.1 Å². The molecule has 136 valence electrons. The number of nitrogens with zero attached hydrogens (tertiary/aromatic N) is 1. The molecule has 2 N–H and O–H groups in total. The van der Waals surface area contributed by atoms with Gasteiger partial charge in [0, 0.05) is 18.5 Å². The summed E-state index contributed by atoms with van der Waals surface area (Å²) in [4.78, 5) is 17.1. The maximum Gasteiger partial charge on any atom is 0.231 e.